The minimum atomic E-state index is -3.70. The lowest BCUT2D eigenvalue weighted by atomic mass is 10.1. The van der Waals surface area contributed by atoms with Crippen LogP contribution in [0.25, 0.3) is 11.0 Å². The maximum Gasteiger partial charge on any atom is 0.342 e. The molecule has 11 heteroatoms. The average Bonchev–Trinajstić information content (AvgIpc) is 3.12. The summed E-state index contributed by atoms with van der Waals surface area (Å²) < 4.78 is 47.4. The van der Waals surface area contributed by atoms with Crippen molar-refractivity contribution in [1.82, 2.24) is 4.31 Å². The van der Waals surface area contributed by atoms with E-state index in [1.165, 1.54) is 39.4 Å². The van der Waals surface area contributed by atoms with Crippen LogP contribution in [-0.2, 0) is 19.6 Å². The molecule has 1 amide bonds. The molecule has 0 saturated heterocycles. The summed E-state index contributed by atoms with van der Waals surface area (Å²) in [5.74, 6) is 0.00778. The van der Waals surface area contributed by atoms with Crippen LogP contribution >= 0.6 is 0 Å². The van der Waals surface area contributed by atoms with Crippen LogP contribution in [0.15, 0.2) is 45.7 Å². The van der Waals surface area contributed by atoms with Crippen molar-refractivity contribution in [2.24, 2.45) is 0 Å². The fourth-order valence-electron chi connectivity index (χ4n) is 3.24. The summed E-state index contributed by atoms with van der Waals surface area (Å²) >= 11 is 0. The van der Waals surface area contributed by atoms with Gasteiger partial charge in [-0.3, -0.25) is 4.79 Å². The molecule has 0 fully saturated rings. The number of benzene rings is 2. The van der Waals surface area contributed by atoms with Crippen LogP contribution < -0.4 is 14.8 Å². The number of aryl methyl sites for hydroxylation is 1. The van der Waals surface area contributed by atoms with E-state index in [4.69, 9.17) is 18.6 Å². The molecule has 34 heavy (non-hydrogen) atoms. The van der Waals surface area contributed by atoms with Crippen molar-refractivity contribution in [3.05, 3.63) is 47.7 Å². The number of nitrogens with zero attached hydrogens (tertiary/aromatic N) is 1. The van der Waals surface area contributed by atoms with Crippen molar-refractivity contribution in [2.75, 3.05) is 39.7 Å². The van der Waals surface area contributed by atoms with Crippen LogP contribution in [0.3, 0.4) is 0 Å². The summed E-state index contributed by atoms with van der Waals surface area (Å²) in [6, 6.07) is 9.01. The summed E-state index contributed by atoms with van der Waals surface area (Å²) in [6.45, 7) is 3.23. The van der Waals surface area contributed by atoms with E-state index in [0.717, 1.165) is 4.31 Å². The van der Waals surface area contributed by atoms with Crippen molar-refractivity contribution >= 4 is 38.6 Å². The van der Waals surface area contributed by atoms with Gasteiger partial charge in [0.2, 0.25) is 10.0 Å². The van der Waals surface area contributed by atoms with Gasteiger partial charge in [0.1, 0.15) is 28.4 Å². The van der Waals surface area contributed by atoms with E-state index in [2.05, 4.69) is 5.32 Å². The summed E-state index contributed by atoms with van der Waals surface area (Å²) in [5, 5.41) is 3.12. The van der Waals surface area contributed by atoms with Crippen LogP contribution in [0.2, 0.25) is 0 Å². The van der Waals surface area contributed by atoms with E-state index in [-0.39, 0.29) is 23.8 Å². The molecule has 3 rings (SSSR count). The molecule has 1 N–H and O–H groups in total. The number of rotatable bonds is 9. The number of anilines is 1. The lowest BCUT2D eigenvalue weighted by Crippen LogP contribution is -2.23. The van der Waals surface area contributed by atoms with Gasteiger partial charge in [0, 0.05) is 19.5 Å². The van der Waals surface area contributed by atoms with Crippen LogP contribution in [-0.4, -0.2) is 59.0 Å². The van der Waals surface area contributed by atoms with Gasteiger partial charge in [-0.1, -0.05) is 0 Å². The summed E-state index contributed by atoms with van der Waals surface area (Å²) in [6.07, 6.45) is 0. The Hall–Kier alpha value is -3.57. The number of furan rings is 1. The second-order valence-electron chi connectivity index (χ2n) is 7.40. The number of ether oxygens (including phenoxy) is 3. The van der Waals surface area contributed by atoms with Crippen molar-refractivity contribution < 1.29 is 36.6 Å². The van der Waals surface area contributed by atoms with Gasteiger partial charge in [0.15, 0.2) is 6.61 Å². The fraction of sp³-hybridized carbons (Fsp3) is 0.304. The highest BCUT2D eigenvalue weighted by molar-refractivity contribution is 7.89. The first kappa shape index (κ1) is 25.1. The fourth-order valence-corrected chi connectivity index (χ4v) is 4.17. The monoisotopic (exact) mass is 490 g/mol. The van der Waals surface area contributed by atoms with Gasteiger partial charge in [-0.15, -0.1) is 0 Å². The number of hydrogen-bond donors (Lipinski definition) is 1. The number of nitrogens with one attached hydrogen (secondary N) is 1. The quantitative estimate of drug-likeness (QED) is 0.454. The van der Waals surface area contributed by atoms with Gasteiger partial charge in [-0.05, 0) is 50.2 Å². The highest BCUT2D eigenvalue weighted by Crippen LogP contribution is 2.30. The zero-order valence-corrected chi connectivity index (χ0v) is 20.3. The molecule has 182 valence electrons. The Balaban J connectivity index is 1.78. The van der Waals surface area contributed by atoms with Crippen molar-refractivity contribution in [1.29, 1.82) is 0 Å². The Morgan fingerprint density at radius 3 is 2.50 bits per heavy atom. The van der Waals surface area contributed by atoms with Crippen LogP contribution in [0.1, 0.15) is 23.0 Å². The zero-order valence-electron chi connectivity index (χ0n) is 19.5. The molecule has 0 spiro atoms. The lowest BCUT2D eigenvalue weighted by Gasteiger charge is -2.15. The first-order valence-electron chi connectivity index (χ1n) is 10.3. The van der Waals surface area contributed by atoms with Gasteiger partial charge in [-0.2, -0.15) is 0 Å². The van der Waals surface area contributed by atoms with E-state index >= 15 is 0 Å². The zero-order chi connectivity index (χ0) is 25.0. The van der Waals surface area contributed by atoms with Gasteiger partial charge in [0.05, 0.1) is 24.3 Å². The molecule has 1 aromatic heterocycles. The Morgan fingerprint density at radius 1 is 1.12 bits per heavy atom. The Kier molecular flexibility index (Phi) is 7.48. The molecule has 0 aliphatic heterocycles. The highest BCUT2D eigenvalue weighted by Gasteiger charge is 2.21. The number of amides is 1. The summed E-state index contributed by atoms with van der Waals surface area (Å²) in [5.41, 5.74) is 0.973. The summed E-state index contributed by atoms with van der Waals surface area (Å²) in [7, 11) is 0.535. The third-order valence-electron chi connectivity index (χ3n) is 4.91. The largest absolute Gasteiger partial charge is 0.495 e. The maximum absolute atomic E-state index is 12.5. The van der Waals surface area contributed by atoms with Crippen LogP contribution in [0, 0.1) is 6.92 Å². The third kappa shape index (κ3) is 5.15. The molecule has 1 heterocycles. The predicted octanol–water partition coefficient (Wildman–Crippen LogP) is 3.19. The highest BCUT2D eigenvalue weighted by atomic mass is 32.2. The van der Waals surface area contributed by atoms with E-state index in [0.29, 0.717) is 33.8 Å². The number of sulfonamides is 1. The molecule has 0 atom stereocenters. The lowest BCUT2D eigenvalue weighted by molar-refractivity contribution is -0.118. The third-order valence-corrected chi connectivity index (χ3v) is 6.72. The van der Waals surface area contributed by atoms with Crippen molar-refractivity contribution in [3.63, 3.8) is 0 Å². The van der Waals surface area contributed by atoms with Gasteiger partial charge in [-0.25, -0.2) is 17.5 Å². The molecule has 10 nitrogen and oxygen atoms in total. The number of carbonyl (C=O) groups excluding carboxylic acids is 2. The number of fused-ring (bicyclic) bond motifs is 1. The molecular weight excluding hydrogens is 464 g/mol. The van der Waals surface area contributed by atoms with E-state index in [9.17, 15) is 18.0 Å². The second kappa shape index (κ2) is 10.1. The maximum atomic E-state index is 12.5. The standard InChI is InChI=1S/C23H26N2O8S/c1-6-31-23(27)22-14(2)33-19-9-7-15(11-17(19)22)32-13-21(26)24-18-12-16(8-10-20(18)30-5)34(28,29)25(3)4/h7-12H,6,13H2,1-5H3,(H,24,26). The second-order valence-corrected chi connectivity index (χ2v) is 9.55. The SMILES string of the molecule is CCOC(=O)c1c(C)oc2ccc(OCC(=O)Nc3cc(S(=O)(=O)N(C)C)ccc3OC)cc12. The number of carbonyl (C=O) groups is 2. The first-order chi connectivity index (χ1) is 16.1. The Bertz CT molecular complexity index is 1330. The normalized spacial score (nSPS) is 11.5. The minimum Gasteiger partial charge on any atom is -0.495 e. The van der Waals surface area contributed by atoms with Gasteiger partial charge < -0.3 is 23.9 Å². The molecular formula is C23H26N2O8S. The van der Waals surface area contributed by atoms with Crippen LogP contribution in [0.5, 0.6) is 11.5 Å². The van der Waals surface area contributed by atoms with Crippen molar-refractivity contribution in [3.8, 4) is 11.5 Å². The number of methoxy groups -OCH3 is 1. The molecule has 0 aliphatic rings. The minimum absolute atomic E-state index is 0.00166. The topological polar surface area (TPSA) is 124 Å². The molecule has 2 aromatic carbocycles. The number of esters is 1. The first-order valence-corrected chi connectivity index (χ1v) is 11.8. The molecule has 3 aromatic rings. The van der Waals surface area contributed by atoms with E-state index < -0.39 is 21.9 Å². The Labute approximate surface area is 197 Å². The molecule has 0 unspecified atom stereocenters. The Morgan fingerprint density at radius 2 is 1.85 bits per heavy atom. The van der Waals surface area contributed by atoms with Gasteiger partial charge in [0.25, 0.3) is 5.91 Å². The van der Waals surface area contributed by atoms with E-state index in [1.807, 2.05) is 0 Å². The van der Waals surface area contributed by atoms with Crippen molar-refractivity contribution in [2.45, 2.75) is 18.7 Å². The molecule has 0 aliphatic carbocycles. The average molecular weight is 491 g/mol. The predicted molar refractivity (Wildman–Crippen MR) is 125 cm³/mol. The van der Waals surface area contributed by atoms with Gasteiger partial charge >= 0.3 is 5.97 Å². The van der Waals surface area contributed by atoms with E-state index in [1.54, 1.807) is 32.0 Å². The molecule has 0 saturated carbocycles. The van der Waals surface area contributed by atoms with Crippen LogP contribution in [0.4, 0.5) is 5.69 Å². The molecule has 0 radical (unpaired) electrons. The molecule has 0 bridgehead atoms. The summed E-state index contributed by atoms with van der Waals surface area (Å²) in [4.78, 5) is 24.8. The smallest absolute Gasteiger partial charge is 0.342 e. The number of hydrogen-bond acceptors (Lipinski definition) is 8.